The van der Waals surface area contributed by atoms with Gasteiger partial charge in [0.15, 0.2) is 0 Å². The third kappa shape index (κ3) is 1.86. The molecule has 1 saturated carbocycles. The zero-order chi connectivity index (χ0) is 12.5. The molecule has 0 N–H and O–H groups in total. The van der Waals surface area contributed by atoms with Gasteiger partial charge in [-0.15, -0.1) is 0 Å². The van der Waals surface area contributed by atoms with Crippen molar-refractivity contribution in [1.82, 2.24) is 0 Å². The minimum atomic E-state index is -0.210. The van der Waals surface area contributed by atoms with Crippen molar-refractivity contribution in [2.45, 2.75) is 51.9 Å². The van der Waals surface area contributed by atoms with Crippen LogP contribution in [0.4, 0.5) is 0 Å². The number of hydrogen-bond acceptors (Lipinski definition) is 1. The second-order valence-corrected chi connectivity index (χ2v) is 5.62. The summed E-state index contributed by atoms with van der Waals surface area (Å²) in [7, 11) is 0. The van der Waals surface area contributed by atoms with Gasteiger partial charge in [0.25, 0.3) is 0 Å². The number of nitriles is 1. The summed E-state index contributed by atoms with van der Waals surface area (Å²) in [6.45, 7) is 6.60. The van der Waals surface area contributed by atoms with Crippen LogP contribution in [0, 0.1) is 23.7 Å². The molecular formula is C16H21N. The first-order chi connectivity index (χ1) is 8.10. The molecule has 0 heterocycles. The largest absolute Gasteiger partial charge is 0.197 e. The molecule has 1 aliphatic rings. The van der Waals surface area contributed by atoms with Crippen LogP contribution in [0.3, 0.4) is 0 Å². The zero-order valence-electron chi connectivity index (χ0n) is 11.1. The van der Waals surface area contributed by atoms with Crippen molar-refractivity contribution in [3.05, 3.63) is 35.4 Å². The molecule has 0 bridgehead atoms. The molecule has 1 aromatic rings. The van der Waals surface area contributed by atoms with Crippen molar-refractivity contribution >= 4 is 0 Å². The van der Waals surface area contributed by atoms with Crippen molar-refractivity contribution in [3.8, 4) is 6.07 Å². The van der Waals surface area contributed by atoms with E-state index < -0.39 is 0 Å². The van der Waals surface area contributed by atoms with E-state index in [9.17, 15) is 5.26 Å². The Morgan fingerprint density at radius 1 is 1.24 bits per heavy atom. The molecule has 1 aromatic carbocycles. The molecule has 0 amide bonds. The number of aryl methyl sites for hydroxylation is 1. The maximum absolute atomic E-state index is 9.55. The average Bonchev–Trinajstić information content (AvgIpc) is 2.30. The Morgan fingerprint density at radius 2 is 1.88 bits per heavy atom. The lowest BCUT2D eigenvalue weighted by Gasteiger charge is -2.53. The summed E-state index contributed by atoms with van der Waals surface area (Å²) in [5.41, 5.74) is 2.68. The molecule has 90 valence electrons. The van der Waals surface area contributed by atoms with Gasteiger partial charge in [-0.05, 0) is 30.7 Å². The van der Waals surface area contributed by atoms with Gasteiger partial charge in [-0.3, -0.25) is 0 Å². The topological polar surface area (TPSA) is 23.8 Å². The summed E-state index contributed by atoms with van der Waals surface area (Å²) in [6, 6.07) is 11.0. The second kappa shape index (κ2) is 4.18. The maximum atomic E-state index is 9.55. The molecule has 1 nitrogen and oxygen atoms in total. The number of hydrogen-bond donors (Lipinski definition) is 0. The second-order valence-electron chi connectivity index (χ2n) is 5.62. The Morgan fingerprint density at radius 3 is 2.35 bits per heavy atom. The highest BCUT2D eigenvalue weighted by molar-refractivity contribution is 5.39. The Bertz CT molecular complexity index is 441. The Balaban J connectivity index is 2.29. The molecule has 1 aliphatic carbocycles. The van der Waals surface area contributed by atoms with Gasteiger partial charge in [-0.25, -0.2) is 0 Å². The summed E-state index contributed by atoms with van der Waals surface area (Å²) < 4.78 is 0. The van der Waals surface area contributed by atoms with Crippen molar-refractivity contribution in [3.63, 3.8) is 0 Å². The van der Waals surface area contributed by atoms with Gasteiger partial charge in [0, 0.05) is 0 Å². The summed E-state index contributed by atoms with van der Waals surface area (Å²) in [6.07, 6.45) is 4.46. The van der Waals surface area contributed by atoms with Gasteiger partial charge < -0.3 is 0 Å². The van der Waals surface area contributed by atoms with Crippen LogP contribution >= 0.6 is 0 Å². The molecule has 2 rings (SSSR count). The smallest absolute Gasteiger partial charge is 0.0833 e. The zero-order valence-corrected chi connectivity index (χ0v) is 11.1. The Hall–Kier alpha value is -1.29. The molecular weight excluding hydrogens is 206 g/mol. The predicted molar refractivity (Wildman–Crippen MR) is 70.7 cm³/mol. The Labute approximate surface area is 104 Å². The van der Waals surface area contributed by atoms with Gasteiger partial charge in [-0.1, -0.05) is 56.5 Å². The normalized spacial score (nSPS) is 20.4. The minimum absolute atomic E-state index is 0.210. The number of rotatable bonds is 3. The van der Waals surface area contributed by atoms with Crippen molar-refractivity contribution < 1.29 is 0 Å². The fourth-order valence-electron chi connectivity index (χ4n) is 3.27. The highest BCUT2D eigenvalue weighted by atomic mass is 14.6. The summed E-state index contributed by atoms with van der Waals surface area (Å²) >= 11 is 0. The van der Waals surface area contributed by atoms with Crippen LogP contribution in [0.5, 0.6) is 0 Å². The van der Waals surface area contributed by atoms with E-state index in [-0.39, 0.29) is 5.41 Å². The van der Waals surface area contributed by atoms with E-state index >= 15 is 0 Å². The SMILES string of the molecule is CCC1(CC)CC(C#N)(c2cccc(C)c2)C1. The number of benzene rings is 1. The first-order valence-electron chi connectivity index (χ1n) is 6.58. The van der Waals surface area contributed by atoms with Crippen LogP contribution in [0.1, 0.15) is 50.7 Å². The first kappa shape index (κ1) is 12.2. The van der Waals surface area contributed by atoms with Crippen LogP contribution < -0.4 is 0 Å². The maximum Gasteiger partial charge on any atom is 0.0833 e. The summed E-state index contributed by atoms with van der Waals surface area (Å²) in [5.74, 6) is 0. The average molecular weight is 227 g/mol. The first-order valence-corrected chi connectivity index (χ1v) is 6.58. The van der Waals surface area contributed by atoms with E-state index in [1.165, 1.54) is 24.0 Å². The summed E-state index contributed by atoms with van der Waals surface area (Å²) in [5, 5.41) is 9.55. The quantitative estimate of drug-likeness (QED) is 0.752. The molecule has 0 saturated heterocycles. The molecule has 1 fully saturated rings. The highest BCUT2D eigenvalue weighted by Gasteiger charge is 2.53. The molecule has 0 spiro atoms. The number of nitrogens with zero attached hydrogens (tertiary/aromatic N) is 1. The van der Waals surface area contributed by atoms with Crippen LogP contribution in [-0.2, 0) is 5.41 Å². The molecule has 1 heteroatoms. The van der Waals surface area contributed by atoms with E-state index in [0.29, 0.717) is 5.41 Å². The molecule has 0 unspecified atom stereocenters. The Kier molecular flexibility index (Phi) is 3.00. The van der Waals surface area contributed by atoms with Crippen LogP contribution in [0.2, 0.25) is 0 Å². The lowest BCUT2D eigenvalue weighted by atomic mass is 9.49. The van der Waals surface area contributed by atoms with E-state index in [2.05, 4.69) is 51.1 Å². The van der Waals surface area contributed by atoms with E-state index in [0.717, 1.165) is 12.8 Å². The van der Waals surface area contributed by atoms with Gasteiger partial charge in [0.2, 0.25) is 0 Å². The van der Waals surface area contributed by atoms with Crippen molar-refractivity contribution in [1.29, 1.82) is 5.26 Å². The van der Waals surface area contributed by atoms with Crippen LogP contribution in [0.25, 0.3) is 0 Å². The molecule has 17 heavy (non-hydrogen) atoms. The molecule has 0 atom stereocenters. The molecule has 0 aromatic heterocycles. The van der Waals surface area contributed by atoms with Gasteiger partial charge >= 0.3 is 0 Å². The lowest BCUT2D eigenvalue weighted by molar-refractivity contribution is 0.0479. The van der Waals surface area contributed by atoms with Gasteiger partial charge in [0.1, 0.15) is 0 Å². The predicted octanol–water partition coefficient (Wildman–Crippen LogP) is 4.36. The third-order valence-corrected chi connectivity index (χ3v) is 4.64. The standard InChI is InChI=1S/C16H21N/c1-4-15(5-2)10-16(11-15,12-17)14-8-6-7-13(3)9-14/h6-9H,4-5,10-11H2,1-3H3. The van der Waals surface area contributed by atoms with E-state index in [1.807, 2.05) is 0 Å². The van der Waals surface area contributed by atoms with E-state index in [1.54, 1.807) is 0 Å². The van der Waals surface area contributed by atoms with Crippen molar-refractivity contribution in [2.24, 2.45) is 5.41 Å². The fourth-order valence-corrected chi connectivity index (χ4v) is 3.27. The van der Waals surface area contributed by atoms with Gasteiger partial charge in [0.05, 0.1) is 11.5 Å². The highest BCUT2D eigenvalue weighted by Crippen LogP contribution is 2.58. The molecule has 0 aliphatic heterocycles. The van der Waals surface area contributed by atoms with E-state index in [4.69, 9.17) is 0 Å². The molecule has 0 radical (unpaired) electrons. The lowest BCUT2D eigenvalue weighted by Crippen LogP contribution is -2.48. The van der Waals surface area contributed by atoms with Crippen molar-refractivity contribution in [2.75, 3.05) is 0 Å². The minimum Gasteiger partial charge on any atom is -0.197 e. The van der Waals surface area contributed by atoms with Gasteiger partial charge in [-0.2, -0.15) is 5.26 Å². The summed E-state index contributed by atoms with van der Waals surface area (Å²) in [4.78, 5) is 0. The third-order valence-electron chi connectivity index (χ3n) is 4.64. The monoisotopic (exact) mass is 227 g/mol. The fraction of sp³-hybridized carbons (Fsp3) is 0.562. The van der Waals surface area contributed by atoms with Crippen LogP contribution in [-0.4, -0.2) is 0 Å². The van der Waals surface area contributed by atoms with Crippen LogP contribution in [0.15, 0.2) is 24.3 Å².